The summed E-state index contributed by atoms with van der Waals surface area (Å²) in [6.07, 6.45) is -3.63. The summed E-state index contributed by atoms with van der Waals surface area (Å²) in [5, 5.41) is 21.9. The third-order valence-electron chi connectivity index (χ3n) is 3.23. The SMILES string of the molecule is C[C@H](O)[C@H]1O[C@@H](n2cnc(N)nc2=O)[C@@](N)(C#CCl)C1O. The van der Waals surface area contributed by atoms with E-state index in [4.69, 9.17) is 27.8 Å². The van der Waals surface area contributed by atoms with Crippen LogP contribution in [-0.2, 0) is 4.74 Å². The monoisotopic (exact) mass is 315 g/mol. The predicted molar refractivity (Wildman–Crippen MR) is 72.8 cm³/mol. The van der Waals surface area contributed by atoms with Gasteiger partial charge in [0.2, 0.25) is 5.95 Å². The summed E-state index contributed by atoms with van der Waals surface area (Å²) in [4.78, 5) is 19.0. The second kappa shape index (κ2) is 5.59. The molecule has 2 rings (SSSR count). The van der Waals surface area contributed by atoms with Crippen LogP contribution < -0.4 is 17.2 Å². The number of aromatic nitrogens is 3. The highest BCUT2D eigenvalue weighted by molar-refractivity contribution is 6.30. The number of ether oxygens (including phenoxy) is 1. The van der Waals surface area contributed by atoms with Crippen molar-refractivity contribution < 1.29 is 14.9 Å². The van der Waals surface area contributed by atoms with Gasteiger partial charge in [-0.25, -0.2) is 9.78 Å². The maximum atomic E-state index is 11.9. The van der Waals surface area contributed by atoms with Crippen LogP contribution in [0.25, 0.3) is 0 Å². The molecule has 0 spiro atoms. The molecule has 0 aliphatic carbocycles. The van der Waals surface area contributed by atoms with E-state index in [0.29, 0.717) is 0 Å². The summed E-state index contributed by atoms with van der Waals surface area (Å²) in [5.41, 5.74) is 8.85. The first-order chi connectivity index (χ1) is 9.81. The van der Waals surface area contributed by atoms with Gasteiger partial charge in [-0.15, -0.1) is 0 Å². The Morgan fingerprint density at radius 3 is 2.86 bits per heavy atom. The van der Waals surface area contributed by atoms with Crippen LogP contribution in [0.1, 0.15) is 13.2 Å². The molecule has 0 amide bonds. The predicted octanol–water partition coefficient (Wildman–Crippen LogP) is -2.24. The Balaban J connectivity index is 2.54. The van der Waals surface area contributed by atoms with Gasteiger partial charge in [0.25, 0.3) is 0 Å². The van der Waals surface area contributed by atoms with Crippen molar-refractivity contribution in [2.45, 2.75) is 37.0 Å². The average Bonchev–Trinajstić information content (AvgIpc) is 2.64. The summed E-state index contributed by atoms with van der Waals surface area (Å²) in [6, 6.07) is 0. The minimum atomic E-state index is -1.72. The lowest BCUT2D eigenvalue weighted by Crippen LogP contribution is -2.55. The molecular formula is C11H14ClN5O4. The Morgan fingerprint density at radius 2 is 2.33 bits per heavy atom. The molecule has 1 fully saturated rings. The van der Waals surface area contributed by atoms with Crippen LogP contribution in [0.4, 0.5) is 5.95 Å². The number of halogens is 1. The largest absolute Gasteiger partial charge is 0.391 e. The first-order valence-corrected chi connectivity index (χ1v) is 6.33. The van der Waals surface area contributed by atoms with Gasteiger partial charge in [-0.2, -0.15) is 4.98 Å². The van der Waals surface area contributed by atoms with Gasteiger partial charge in [0, 0.05) is 5.38 Å². The molecule has 0 bridgehead atoms. The van der Waals surface area contributed by atoms with Crippen LogP contribution in [0, 0.1) is 11.3 Å². The highest BCUT2D eigenvalue weighted by Crippen LogP contribution is 2.36. The summed E-state index contributed by atoms with van der Waals surface area (Å²) >= 11 is 5.37. The van der Waals surface area contributed by atoms with Crippen molar-refractivity contribution >= 4 is 17.5 Å². The van der Waals surface area contributed by atoms with Gasteiger partial charge >= 0.3 is 5.69 Å². The Hall–Kier alpha value is -1.70. The van der Waals surface area contributed by atoms with Gasteiger partial charge in [0.1, 0.15) is 18.5 Å². The average molecular weight is 316 g/mol. The number of hydrogen-bond acceptors (Lipinski definition) is 8. The molecule has 6 N–H and O–H groups in total. The van der Waals surface area contributed by atoms with E-state index in [1.807, 2.05) is 0 Å². The summed E-state index contributed by atoms with van der Waals surface area (Å²) in [6.45, 7) is 1.41. The third kappa shape index (κ3) is 2.59. The number of nitrogens with two attached hydrogens (primary N) is 2. The molecule has 0 saturated carbocycles. The van der Waals surface area contributed by atoms with Crippen molar-refractivity contribution in [2.75, 3.05) is 5.73 Å². The van der Waals surface area contributed by atoms with Gasteiger partial charge in [-0.3, -0.25) is 4.57 Å². The van der Waals surface area contributed by atoms with Crippen molar-refractivity contribution in [2.24, 2.45) is 5.73 Å². The summed E-state index contributed by atoms with van der Waals surface area (Å²) in [5.74, 6) is 2.19. The zero-order chi connectivity index (χ0) is 15.8. The lowest BCUT2D eigenvalue weighted by Gasteiger charge is -2.27. The van der Waals surface area contributed by atoms with Gasteiger partial charge < -0.3 is 26.4 Å². The Kier molecular flexibility index (Phi) is 4.18. The standard InChI is InChI=1S/C11H14ClN5O4/c1-5(18)6-7(19)11(14,2-3-12)8(21-6)17-4-15-9(13)16-10(17)20/h4-8,18-19H,14H2,1H3,(H2,13,16,20)/t5-,6+,7?,8+,11+/m0/s1. The van der Waals surface area contributed by atoms with Gasteiger partial charge in [0.15, 0.2) is 11.8 Å². The van der Waals surface area contributed by atoms with Crippen molar-refractivity contribution in [3.63, 3.8) is 0 Å². The maximum absolute atomic E-state index is 11.9. The van der Waals surface area contributed by atoms with E-state index < -0.39 is 35.8 Å². The van der Waals surface area contributed by atoms with E-state index in [1.165, 1.54) is 6.92 Å². The topological polar surface area (TPSA) is 150 Å². The van der Waals surface area contributed by atoms with E-state index in [-0.39, 0.29) is 5.95 Å². The van der Waals surface area contributed by atoms with E-state index in [2.05, 4.69) is 21.3 Å². The van der Waals surface area contributed by atoms with E-state index >= 15 is 0 Å². The Bertz CT molecular complexity index is 654. The number of nitrogens with zero attached hydrogens (tertiary/aromatic N) is 3. The number of aliphatic hydroxyl groups excluding tert-OH is 2. The highest BCUT2D eigenvalue weighted by atomic mass is 35.5. The zero-order valence-corrected chi connectivity index (χ0v) is 11.7. The van der Waals surface area contributed by atoms with Crippen molar-refractivity contribution in [1.29, 1.82) is 0 Å². The fourth-order valence-electron chi connectivity index (χ4n) is 2.16. The number of nitrogen functional groups attached to an aromatic ring is 1. The summed E-state index contributed by atoms with van der Waals surface area (Å²) < 4.78 is 6.40. The lowest BCUT2D eigenvalue weighted by molar-refractivity contribution is -0.0781. The third-order valence-corrected chi connectivity index (χ3v) is 3.33. The number of rotatable bonds is 2. The quantitative estimate of drug-likeness (QED) is 0.447. The van der Waals surface area contributed by atoms with Crippen LogP contribution >= 0.6 is 11.6 Å². The molecule has 10 heteroatoms. The minimum Gasteiger partial charge on any atom is -0.391 e. The summed E-state index contributed by atoms with van der Waals surface area (Å²) in [7, 11) is 0. The Morgan fingerprint density at radius 1 is 1.67 bits per heavy atom. The smallest absolute Gasteiger partial charge is 0.354 e. The van der Waals surface area contributed by atoms with Crippen LogP contribution in [0.15, 0.2) is 11.1 Å². The number of aliphatic hydroxyl groups is 2. The number of hydrogen-bond donors (Lipinski definition) is 4. The molecule has 114 valence electrons. The molecule has 0 aromatic carbocycles. The minimum absolute atomic E-state index is 0.215. The second-order valence-electron chi connectivity index (χ2n) is 4.70. The molecule has 1 aromatic rings. The van der Waals surface area contributed by atoms with Crippen LogP contribution in [0.2, 0.25) is 0 Å². The van der Waals surface area contributed by atoms with Crippen LogP contribution in [0.5, 0.6) is 0 Å². The van der Waals surface area contributed by atoms with E-state index in [1.54, 1.807) is 0 Å². The molecule has 5 atom stereocenters. The van der Waals surface area contributed by atoms with E-state index in [0.717, 1.165) is 10.9 Å². The normalized spacial score (nSPS) is 33.3. The fourth-order valence-corrected chi connectivity index (χ4v) is 2.32. The molecule has 1 aliphatic rings. The maximum Gasteiger partial charge on any atom is 0.354 e. The van der Waals surface area contributed by atoms with Crippen molar-refractivity contribution in [1.82, 2.24) is 14.5 Å². The first-order valence-electron chi connectivity index (χ1n) is 5.95. The van der Waals surface area contributed by atoms with Gasteiger partial charge in [-0.05, 0) is 18.5 Å². The van der Waals surface area contributed by atoms with Gasteiger partial charge in [0.05, 0.1) is 6.10 Å². The van der Waals surface area contributed by atoms with Crippen LogP contribution in [0.3, 0.4) is 0 Å². The molecule has 1 saturated heterocycles. The molecule has 0 radical (unpaired) electrons. The van der Waals surface area contributed by atoms with Crippen LogP contribution in [-0.4, -0.2) is 48.6 Å². The molecule has 1 unspecified atom stereocenters. The Labute approximate surface area is 124 Å². The number of anilines is 1. The highest BCUT2D eigenvalue weighted by Gasteiger charge is 2.56. The van der Waals surface area contributed by atoms with Gasteiger partial charge in [-0.1, -0.05) is 5.92 Å². The zero-order valence-electron chi connectivity index (χ0n) is 11.0. The molecular weight excluding hydrogens is 302 g/mol. The molecule has 9 nitrogen and oxygen atoms in total. The molecule has 21 heavy (non-hydrogen) atoms. The first kappa shape index (κ1) is 15.7. The molecule has 1 aliphatic heterocycles. The second-order valence-corrected chi connectivity index (χ2v) is 4.88. The van der Waals surface area contributed by atoms with E-state index in [9.17, 15) is 15.0 Å². The lowest BCUT2D eigenvalue weighted by atomic mass is 9.90. The van der Waals surface area contributed by atoms with Crippen molar-refractivity contribution in [3.8, 4) is 11.3 Å². The molecule has 1 aromatic heterocycles. The molecule has 2 heterocycles. The van der Waals surface area contributed by atoms with Crippen molar-refractivity contribution in [3.05, 3.63) is 16.8 Å². The fraction of sp³-hybridized carbons (Fsp3) is 0.545.